The summed E-state index contributed by atoms with van der Waals surface area (Å²) in [5, 5.41) is 3.61. The smallest absolute Gasteiger partial charge is 0.219 e. The maximum absolute atomic E-state index is 11.3. The van der Waals surface area contributed by atoms with Crippen molar-refractivity contribution in [1.82, 2.24) is 10.2 Å². The Morgan fingerprint density at radius 1 is 1.50 bits per heavy atom. The van der Waals surface area contributed by atoms with Gasteiger partial charge in [0.1, 0.15) is 0 Å². The Balaban J connectivity index is 2.10. The first-order valence-electron chi connectivity index (χ1n) is 6.42. The summed E-state index contributed by atoms with van der Waals surface area (Å²) in [6.45, 7) is 6.53. The second-order valence-electron chi connectivity index (χ2n) is 5.28. The number of hydrogen-bond donors (Lipinski definition) is 2. The van der Waals surface area contributed by atoms with Crippen LogP contribution in [0.5, 0.6) is 0 Å². The van der Waals surface area contributed by atoms with Crippen LogP contribution >= 0.6 is 0 Å². The lowest BCUT2D eigenvalue weighted by Crippen LogP contribution is -2.67. The topological polar surface area (TPSA) is 58.4 Å². The van der Waals surface area contributed by atoms with Crippen LogP contribution in [0.1, 0.15) is 32.6 Å². The molecule has 0 saturated carbocycles. The first-order chi connectivity index (χ1) is 7.66. The van der Waals surface area contributed by atoms with E-state index in [0.29, 0.717) is 12.3 Å². The molecule has 3 N–H and O–H groups in total. The Morgan fingerprint density at radius 3 is 2.62 bits per heavy atom. The van der Waals surface area contributed by atoms with E-state index in [1.807, 2.05) is 0 Å². The molecule has 0 radical (unpaired) electrons. The van der Waals surface area contributed by atoms with Crippen LogP contribution in [-0.2, 0) is 4.79 Å². The molecular formula is C12H23N3O. The van der Waals surface area contributed by atoms with Crippen LogP contribution in [0.25, 0.3) is 0 Å². The average molecular weight is 225 g/mol. The lowest BCUT2D eigenvalue weighted by Gasteiger charge is -2.53. The molecular weight excluding hydrogens is 202 g/mol. The van der Waals surface area contributed by atoms with Gasteiger partial charge in [-0.2, -0.15) is 0 Å². The highest BCUT2D eigenvalue weighted by Gasteiger charge is 2.46. The van der Waals surface area contributed by atoms with Crippen molar-refractivity contribution in [2.24, 2.45) is 11.7 Å². The van der Waals surface area contributed by atoms with Gasteiger partial charge in [0.25, 0.3) is 0 Å². The van der Waals surface area contributed by atoms with Gasteiger partial charge in [-0.15, -0.1) is 0 Å². The van der Waals surface area contributed by atoms with Crippen molar-refractivity contribution in [3.05, 3.63) is 0 Å². The summed E-state index contributed by atoms with van der Waals surface area (Å²) in [7, 11) is 0. The highest BCUT2D eigenvalue weighted by atomic mass is 16.1. The van der Waals surface area contributed by atoms with Gasteiger partial charge < -0.3 is 16.0 Å². The van der Waals surface area contributed by atoms with Gasteiger partial charge in [-0.3, -0.25) is 4.79 Å². The van der Waals surface area contributed by atoms with E-state index in [1.165, 1.54) is 25.9 Å². The SMILES string of the molecule is CCCNC1(CC(N)=O)CN2CCC1CC2. The number of nitrogens with zero attached hydrogens (tertiary/aromatic N) is 1. The summed E-state index contributed by atoms with van der Waals surface area (Å²) in [5.74, 6) is 0.467. The zero-order valence-electron chi connectivity index (χ0n) is 10.2. The van der Waals surface area contributed by atoms with Gasteiger partial charge in [0.15, 0.2) is 0 Å². The molecule has 3 fully saturated rings. The van der Waals surface area contributed by atoms with E-state index in [2.05, 4.69) is 17.1 Å². The van der Waals surface area contributed by atoms with Crippen molar-refractivity contribution < 1.29 is 4.79 Å². The summed E-state index contributed by atoms with van der Waals surface area (Å²) >= 11 is 0. The third kappa shape index (κ3) is 2.23. The molecule has 16 heavy (non-hydrogen) atoms. The fourth-order valence-corrected chi connectivity index (χ4v) is 3.32. The Morgan fingerprint density at radius 2 is 2.19 bits per heavy atom. The highest BCUT2D eigenvalue weighted by molar-refractivity contribution is 5.75. The molecule has 3 rings (SSSR count). The summed E-state index contributed by atoms with van der Waals surface area (Å²) in [4.78, 5) is 13.7. The number of carbonyl (C=O) groups excluding carboxylic acids is 1. The minimum Gasteiger partial charge on any atom is -0.370 e. The second kappa shape index (κ2) is 4.72. The zero-order chi connectivity index (χ0) is 11.6. The minimum atomic E-state index is -0.169. The van der Waals surface area contributed by atoms with E-state index >= 15 is 0 Å². The van der Waals surface area contributed by atoms with Gasteiger partial charge >= 0.3 is 0 Å². The second-order valence-corrected chi connectivity index (χ2v) is 5.28. The van der Waals surface area contributed by atoms with Gasteiger partial charge in [-0.25, -0.2) is 0 Å². The van der Waals surface area contributed by atoms with Crippen LogP contribution in [0.2, 0.25) is 0 Å². The Kier molecular flexibility index (Phi) is 3.50. The van der Waals surface area contributed by atoms with Crippen molar-refractivity contribution in [2.75, 3.05) is 26.2 Å². The number of primary amides is 1. The fraction of sp³-hybridized carbons (Fsp3) is 0.917. The molecule has 3 saturated heterocycles. The number of carbonyl (C=O) groups is 1. The lowest BCUT2D eigenvalue weighted by atomic mass is 9.70. The molecule has 0 spiro atoms. The molecule has 4 nitrogen and oxygen atoms in total. The number of amides is 1. The number of nitrogens with one attached hydrogen (secondary N) is 1. The summed E-state index contributed by atoms with van der Waals surface area (Å²) < 4.78 is 0. The minimum absolute atomic E-state index is 0.0294. The van der Waals surface area contributed by atoms with E-state index in [1.54, 1.807) is 0 Å². The molecule has 3 aliphatic heterocycles. The average Bonchev–Trinajstić information content (AvgIpc) is 2.27. The van der Waals surface area contributed by atoms with Crippen LogP contribution in [0.15, 0.2) is 0 Å². The molecule has 4 heteroatoms. The summed E-state index contributed by atoms with van der Waals surface area (Å²) in [6, 6.07) is 0. The third-order valence-corrected chi connectivity index (χ3v) is 4.09. The summed E-state index contributed by atoms with van der Waals surface area (Å²) in [5.41, 5.74) is 5.39. The maximum atomic E-state index is 11.3. The molecule has 92 valence electrons. The first kappa shape index (κ1) is 11.9. The Labute approximate surface area is 97.6 Å². The highest BCUT2D eigenvalue weighted by Crippen LogP contribution is 2.37. The molecule has 3 aliphatic rings. The molecule has 0 aromatic carbocycles. The van der Waals surface area contributed by atoms with Crippen LogP contribution in [-0.4, -0.2) is 42.5 Å². The van der Waals surface area contributed by atoms with Crippen LogP contribution in [0.3, 0.4) is 0 Å². The van der Waals surface area contributed by atoms with Crippen molar-refractivity contribution in [2.45, 2.75) is 38.1 Å². The first-order valence-corrected chi connectivity index (χ1v) is 6.42. The van der Waals surface area contributed by atoms with Crippen molar-refractivity contribution >= 4 is 5.91 Å². The number of nitrogens with two attached hydrogens (primary N) is 1. The van der Waals surface area contributed by atoms with E-state index in [-0.39, 0.29) is 11.4 Å². The van der Waals surface area contributed by atoms with E-state index in [4.69, 9.17) is 5.73 Å². The molecule has 0 aromatic rings. The van der Waals surface area contributed by atoms with E-state index in [0.717, 1.165) is 19.5 Å². The van der Waals surface area contributed by atoms with E-state index < -0.39 is 0 Å². The Bertz CT molecular complexity index is 261. The van der Waals surface area contributed by atoms with Gasteiger partial charge in [-0.1, -0.05) is 6.92 Å². The Hall–Kier alpha value is -0.610. The zero-order valence-corrected chi connectivity index (χ0v) is 10.2. The molecule has 1 atom stereocenters. The molecule has 0 aromatic heterocycles. The van der Waals surface area contributed by atoms with Gasteiger partial charge in [0, 0.05) is 18.5 Å². The third-order valence-electron chi connectivity index (χ3n) is 4.09. The number of piperidine rings is 3. The largest absolute Gasteiger partial charge is 0.370 e. The monoisotopic (exact) mass is 225 g/mol. The standard InChI is InChI=1S/C12H23N3O/c1-2-5-14-12(8-11(13)16)9-15-6-3-10(12)4-7-15/h10,14H,2-9H2,1H3,(H2,13,16). The maximum Gasteiger partial charge on any atom is 0.219 e. The predicted molar refractivity (Wildman–Crippen MR) is 64.0 cm³/mol. The van der Waals surface area contributed by atoms with Crippen LogP contribution in [0.4, 0.5) is 0 Å². The number of rotatable bonds is 5. The van der Waals surface area contributed by atoms with Crippen molar-refractivity contribution in [1.29, 1.82) is 0 Å². The van der Waals surface area contributed by atoms with Crippen molar-refractivity contribution in [3.8, 4) is 0 Å². The molecule has 3 heterocycles. The quantitative estimate of drug-likeness (QED) is 0.709. The van der Waals surface area contributed by atoms with E-state index in [9.17, 15) is 4.79 Å². The van der Waals surface area contributed by atoms with Crippen molar-refractivity contribution in [3.63, 3.8) is 0 Å². The lowest BCUT2D eigenvalue weighted by molar-refractivity contribution is -0.122. The molecule has 1 amide bonds. The number of hydrogen-bond acceptors (Lipinski definition) is 3. The normalized spacial score (nSPS) is 37.6. The van der Waals surface area contributed by atoms with Gasteiger partial charge in [0.05, 0.1) is 0 Å². The molecule has 0 aliphatic carbocycles. The molecule has 2 bridgehead atoms. The summed E-state index contributed by atoms with van der Waals surface area (Å²) in [6.07, 6.45) is 4.02. The van der Waals surface area contributed by atoms with Gasteiger partial charge in [0.2, 0.25) is 5.91 Å². The van der Waals surface area contributed by atoms with Crippen LogP contribution in [0, 0.1) is 5.92 Å². The molecule has 1 unspecified atom stereocenters. The number of fused-ring (bicyclic) bond motifs is 3. The van der Waals surface area contributed by atoms with Gasteiger partial charge in [-0.05, 0) is 44.8 Å². The predicted octanol–water partition coefficient (Wildman–Crippen LogP) is 0.326. The fourth-order valence-electron chi connectivity index (χ4n) is 3.32. The van der Waals surface area contributed by atoms with Crippen LogP contribution < -0.4 is 11.1 Å².